The highest BCUT2D eigenvalue weighted by atomic mass is 16.5. The Morgan fingerprint density at radius 3 is 2.73 bits per heavy atom. The number of rotatable bonds is 4. The molecule has 4 heterocycles. The molecule has 7 nitrogen and oxygen atoms in total. The first-order chi connectivity index (χ1) is 12.7. The van der Waals surface area contributed by atoms with E-state index in [-0.39, 0.29) is 11.5 Å². The molecule has 3 fully saturated rings. The fourth-order valence-electron chi connectivity index (χ4n) is 4.23. The molecule has 0 saturated carbocycles. The molecule has 1 amide bonds. The van der Waals surface area contributed by atoms with Gasteiger partial charge in [-0.3, -0.25) is 4.79 Å². The van der Waals surface area contributed by atoms with Gasteiger partial charge < -0.3 is 19.9 Å². The topological polar surface area (TPSA) is 81.5 Å². The Morgan fingerprint density at radius 2 is 2.19 bits per heavy atom. The highest BCUT2D eigenvalue weighted by Crippen LogP contribution is 2.37. The summed E-state index contributed by atoms with van der Waals surface area (Å²) in [5.74, 6) is 1.07. The summed E-state index contributed by atoms with van der Waals surface area (Å²) in [6.45, 7) is 4.73. The summed E-state index contributed by atoms with van der Waals surface area (Å²) in [4.78, 5) is 21.3. The van der Waals surface area contributed by atoms with Crippen molar-refractivity contribution in [3.8, 4) is 6.07 Å². The van der Waals surface area contributed by atoms with Gasteiger partial charge in [-0.2, -0.15) is 5.26 Å². The standard InChI is InChI=1S/C19H25N5O2/c20-13-15-3-4-17(22-14-15)23-7-9-24(10-8-23)18(25)12-19(5-11-26-19)16-2-1-6-21-16/h3-4,14,16,21H,1-2,5-12H2/t16-,19?/m0/s1. The van der Waals surface area contributed by atoms with Crippen LogP contribution in [0.15, 0.2) is 18.3 Å². The van der Waals surface area contributed by atoms with Crippen molar-refractivity contribution in [1.82, 2.24) is 15.2 Å². The molecule has 1 aromatic rings. The molecule has 138 valence electrons. The number of carbonyl (C=O) groups excluding carboxylic acids is 1. The molecule has 3 saturated heterocycles. The van der Waals surface area contributed by atoms with Crippen molar-refractivity contribution in [2.24, 2.45) is 0 Å². The lowest BCUT2D eigenvalue weighted by molar-refractivity contribution is -0.178. The van der Waals surface area contributed by atoms with E-state index < -0.39 is 0 Å². The highest BCUT2D eigenvalue weighted by molar-refractivity contribution is 5.78. The smallest absolute Gasteiger partial charge is 0.225 e. The number of hydrogen-bond donors (Lipinski definition) is 1. The summed E-state index contributed by atoms with van der Waals surface area (Å²) in [5, 5.41) is 12.4. The second kappa shape index (κ2) is 7.22. The predicted molar refractivity (Wildman–Crippen MR) is 96.7 cm³/mol. The summed E-state index contributed by atoms with van der Waals surface area (Å²) >= 11 is 0. The number of anilines is 1. The van der Waals surface area contributed by atoms with Crippen LogP contribution in [-0.2, 0) is 9.53 Å². The van der Waals surface area contributed by atoms with Gasteiger partial charge in [-0.05, 0) is 31.5 Å². The van der Waals surface area contributed by atoms with Crippen LogP contribution < -0.4 is 10.2 Å². The molecule has 2 atom stereocenters. The molecular weight excluding hydrogens is 330 g/mol. The van der Waals surface area contributed by atoms with Crippen molar-refractivity contribution in [1.29, 1.82) is 5.26 Å². The van der Waals surface area contributed by atoms with Crippen molar-refractivity contribution in [3.63, 3.8) is 0 Å². The minimum Gasteiger partial charge on any atom is -0.373 e. The zero-order valence-electron chi connectivity index (χ0n) is 15.0. The number of carbonyl (C=O) groups is 1. The molecule has 0 radical (unpaired) electrons. The van der Waals surface area contributed by atoms with Crippen molar-refractivity contribution < 1.29 is 9.53 Å². The van der Waals surface area contributed by atoms with E-state index in [1.54, 1.807) is 12.3 Å². The third-order valence-corrected chi connectivity index (χ3v) is 5.89. The Bertz CT molecular complexity index is 681. The molecule has 0 aliphatic carbocycles. The van der Waals surface area contributed by atoms with Gasteiger partial charge in [-0.1, -0.05) is 0 Å². The van der Waals surface area contributed by atoms with Crippen LogP contribution >= 0.6 is 0 Å². The number of hydrogen-bond acceptors (Lipinski definition) is 6. The fraction of sp³-hybridized carbons (Fsp3) is 0.632. The quantitative estimate of drug-likeness (QED) is 0.864. The van der Waals surface area contributed by atoms with Gasteiger partial charge in [-0.25, -0.2) is 4.98 Å². The number of nitriles is 1. The maximum absolute atomic E-state index is 12.8. The van der Waals surface area contributed by atoms with E-state index in [0.29, 0.717) is 31.1 Å². The Kier molecular flexibility index (Phi) is 4.79. The maximum Gasteiger partial charge on any atom is 0.225 e. The third kappa shape index (κ3) is 3.27. The predicted octanol–water partition coefficient (Wildman–Crippen LogP) is 0.903. The maximum atomic E-state index is 12.8. The SMILES string of the molecule is N#Cc1ccc(N2CCN(C(=O)CC3([C@@H]4CCCN4)CCO3)CC2)nc1. The van der Waals surface area contributed by atoms with E-state index in [1.807, 2.05) is 11.0 Å². The highest BCUT2D eigenvalue weighted by Gasteiger charge is 2.48. The average Bonchev–Trinajstić information content (AvgIpc) is 3.19. The Balaban J connectivity index is 1.32. The average molecular weight is 355 g/mol. The van der Waals surface area contributed by atoms with Crippen molar-refractivity contribution >= 4 is 11.7 Å². The number of nitrogens with zero attached hydrogens (tertiary/aromatic N) is 4. The van der Waals surface area contributed by atoms with Gasteiger partial charge in [0, 0.05) is 44.8 Å². The van der Waals surface area contributed by atoms with Gasteiger partial charge in [0.2, 0.25) is 5.91 Å². The minimum atomic E-state index is -0.278. The lowest BCUT2D eigenvalue weighted by Gasteiger charge is -2.47. The lowest BCUT2D eigenvalue weighted by atomic mass is 9.82. The van der Waals surface area contributed by atoms with Crippen LogP contribution in [0.1, 0.15) is 31.2 Å². The number of aromatic nitrogens is 1. The monoisotopic (exact) mass is 355 g/mol. The molecule has 1 aromatic heterocycles. The molecule has 26 heavy (non-hydrogen) atoms. The molecule has 3 aliphatic rings. The van der Waals surface area contributed by atoms with E-state index in [1.165, 1.54) is 6.42 Å². The zero-order chi connectivity index (χ0) is 18.0. The first-order valence-corrected chi connectivity index (χ1v) is 9.46. The molecule has 4 rings (SSSR count). The fourth-order valence-corrected chi connectivity index (χ4v) is 4.23. The molecular formula is C19H25N5O2. The minimum absolute atomic E-state index is 0.200. The summed E-state index contributed by atoms with van der Waals surface area (Å²) in [6.07, 6.45) is 5.33. The van der Waals surface area contributed by atoms with Gasteiger partial charge >= 0.3 is 0 Å². The summed E-state index contributed by atoms with van der Waals surface area (Å²) in [7, 11) is 0. The van der Waals surface area contributed by atoms with Crippen LogP contribution in [0.3, 0.4) is 0 Å². The van der Waals surface area contributed by atoms with Crippen LogP contribution in [-0.4, -0.2) is 66.8 Å². The summed E-state index contributed by atoms with van der Waals surface area (Å²) in [6, 6.07) is 6.07. The number of nitrogens with one attached hydrogen (secondary N) is 1. The van der Waals surface area contributed by atoms with Gasteiger partial charge in [-0.15, -0.1) is 0 Å². The lowest BCUT2D eigenvalue weighted by Crippen LogP contribution is -2.60. The van der Waals surface area contributed by atoms with E-state index in [9.17, 15) is 4.79 Å². The Labute approximate surface area is 153 Å². The molecule has 1 N–H and O–H groups in total. The second-order valence-corrected chi connectivity index (χ2v) is 7.37. The van der Waals surface area contributed by atoms with Crippen LogP contribution in [0.5, 0.6) is 0 Å². The van der Waals surface area contributed by atoms with Gasteiger partial charge in [0.15, 0.2) is 0 Å². The van der Waals surface area contributed by atoms with Gasteiger partial charge in [0.05, 0.1) is 24.2 Å². The third-order valence-electron chi connectivity index (χ3n) is 5.89. The molecule has 3 aliphatic heterocycles. The van der Waals surface area contributed by atoms with E-state index >= 15 is 0 Å². The van der Waals surface area contributed by atoms with Crippen molar-refractivity contribution in [3.05, 3.63) is 23.9 Å². The Hall–Kier alpha value is -2.17. The van der Waals surface area contributed by atoms with Crippen LogP contribution in [0.25, 0.3) is 0 Å². The van der Waals surface area contributed by atoms with E-state index in [0.717, 1.165) is 44.9 Å². The molecule has 7 heteroatoms. The number of ether oxygens (including phenoxy) is 1. The van der Waals surface area contributed by atoms with Crippen molar-refractivity contribution in [2.45, 2.75) is 37.3 Å². The number of pyridine rings is 1. The van der Waals surface area contributed by atoms with Gasteiger partial charge in [0.1, 0.15) is 11.9 Å². The molecule has 0 aromatic carbocycles. The first kappa shape index (κ1) is 17.3. The van der Waals surface area contributed by atoms with Crippen LogP contribution in [0.2, 0.25) is 0 Å². The number of piperazine rings is 1. The molecule has 1 unspecified atom stereocenters. The first-order valence-electron chi connectivity index (χ1n) is 9.46. The van der Waals surface area contributed by atoms with Gasteiger partial charge in [0.25, 0.3) is 0 Å². The van der Waals surface area contributed by atoms with Crippen LogP contribution in [0, 0.1) is 11.3 Å². The van der Waals surface area contributed by atoms with Crippen LogP contribution in [0.4, 0.5) is 5.82 Å². The Morgan fingerprint density at radius 1 is 1.38 bits per heavy atom. The molecule has 0 spiro atoms. The molecule has 0 bridgehead atoms. The normalized spacial score (nSPS) is 28.5. The summed E-state index contributed by atoms with van der Waals surface area (Å²) < 4.78 is 5.92. The number of amides is 1. The zero-order valence-corrected chi connectivity index (χ0v) is 15.0. The second-order valence-electron chi connectivity index (χ2n) is 7.37. The van der Waals surface area contributed by atoms with Crippen molar-refractivity contribution in [2.75, 3.05) is 44.2 Å². The van der Waals surface area contributed by atoms with E-state index in [4.69, 9.17) is 10.00 Å². The van der Waals surface area contributed by atoms with E-state index in [2.05, 4.69) is 21.3 Å². The summed E-state index contributed by atoms with van der Waals surface area (Å²) in [5.41, 5.74) is 0.285. The largest absolute Gasteiger partial charge is 0.373 e.